The summed E-state index contributed by atoms with van der Waals surface area (Å²) in [4.78, 5) is 14.0. The van der Waals surface area contributed by atoms with E-state index >= 15 is 0 Å². The molecule has 0 saturated heterocycles. The first-order valence-corrected chi connectivity index (χ1v) is 6.85. The molecule has 7 heteroatoms. The van der Waals surface area contributed by atoms with Crippen LogP contribution in [0.5, 0.6) is 0 Å². The lowest BCUT2D eigenvalue weighted by Gasteiger charge is -2.32. The zero-order valence-electron chi connectivity index (χ0n) is 12.4. The maximum Gasteiger partial charge on any atom is 0.411 e. The fourth-order valence-electron chi connectivity index (χ4n) is 2.06. The van der Waals surface area contributed by atoms with Crippen molar-refractivity contribution in [3.63, 3.8) is 0 Å². The topological polar surface area (TPSA) is 101 Å². The Hall–Kier alpha value is -2.18. The Bertz CT molecular complexity index is 515. The van der Waals surface area contributed by atoms with Crippen LogP contribution in [0.15, 0.2) is 28.0 Å². The summed E-state index contributed by atoms with van der Waals surface area (Å²) in [5.74, 6) is 0.325. The molecule has 2 rings (SSSR count). The second kappa shape index (κ2) is 5.67. The molecule has 1 aromatic rings. The molecule has 1 atom stereocenters. The van der Waals surface area contributed by atoms with Crippen molar-refractivity contribution in [2.75, 3.05) is 0 Å². The highest BCUT2D eigenvalue weighted by molar-refractivity contribution is 5.89. The molecule has 0 bridgehead atoms. The quantitative estimate of drug-likeness (QED) is 0.384. The van der Waals surface area contributed by atoms with E-state index in [2.05, 4.69) is 5.16 Å². The molecule has 1 saturated carbocycles. The van der Waals surface area contributed by atoms with Crippen LogP contribution in [0.1, 0.15) is 45.4 Å². The Morgan fingerprint density at radius 2 is 2.24 bits per heavy atom. The minimum Gasteiger partial charge on any atom is -0.467 e. The van der Waals surface area contributed by atoms with E-state index in [1.165, 1.54) is 11.2 Å². The molecule has 1 amide bonds. The molecule has 7 nitrogen and oxygen atoms in total. The van der Waals surface area contributed by atoms with Crippen molar-refractivity contribution >= 4 is 11.9 Å². The Labute approximate surface area is 123 Å². The van der Waals surface area contributed by atoms with Gasteiger partial charge in [-0.3, -0.25) is 4.90 Å². The van der Waals surface area contributed by atoms with Crippen molar-refractivity contribution in [3.05, 3.63) is 24.2 Å². The van der Waals surface area contributed by atoms with E-state index in [1.54, 1.807) is 32.9 Å². The van der Waals surface area contributed by atoms with Gasteiger partial charge in [-0.05, 0) is 45.7 Å². The lowest BCUT2D eigenvalue weighted by Crippen LogP contribution is -2.45. The van der Waals surface area contributed by atoms with E-state index in [9.17, 15) is 4.79 Å². The molecule has 0 aromatic carbocycles. The molecule has 0 unspecified atom stereocenters. The largest absolute Gasteiger partial charge is 0.467 e. The average Bonchev–Trinajstić information content (AvgIpc) is 3.07. The van der Waals surface area contributed by atoms with E-state index < -0.39 is 17.7 Å². The second-order valence-electron chi connectivity index (χ2n) is 6.06. The van der Waals surface area contributed by atoms with Gasteiger partial charge >= 0.3 is 6.09 Å². The van der Waals surface area contributed by atoms with Crippen molar-refractivity contribution in [1.82, 2.24) is 4.90 Å². The number of amidine groups is 1. The minimum atomic E-state index is -0.771. The van der Waals surface area contributed by atoms with Gasteiger partial charge in [0.15, 0.2) is 11.9 Å². The molecular weight excluding hydrogens is 274 g/mol. The minimum absolute atomic E-state index is 0.00949. The van der Waals surface area contributed by atoms with Crippen LogP contribution in [0.25, 0.3) is 0 Å². The number of hydrogen-bond acceptors (Lipinski definition) is 5. The molecule has 1 heterocycles. The van der Waals surface area contributed by atoms with Gasteiger partial charge in [-0.25, -0.2) is 4.79 Å². The molecule has 21 heavy (non-hydrogen) atoms. The Morgan fingerprint density at radius 1 is 1.57 bits per heavy atom. The van der Waals surface area contributed by atoms with Gasteiger partial charge in [0.05, 0.1) is 6.26 Å². The summed E-state index contributed by atoms with van der Waals surface area (Å²) >= 11 is 0. The first-order chi connectivity index (χ1) is 9.83. The number of hydrogen-bond donors (Lipinski definition) is 2. The molecular formula is C14H21N3O4. The van der Waals surface area contributed by atoms with Crippen molar-refractivity contribution in [2.45, 2.75) is 51.3 Å². The highest BCUT2D eigenvalue weighted by Gasteiger charge is 2.43. The molecule has 3 N–H and O–H groups in total. The van der Waals surface area contributed by atoms with Gasteiger partial charge in [0.2, 0.25) is 0 Å². The van der Waals surface area contributed by atoms with Gasteiger partial charge in [0, 0.05) is 6.04 Å². The number of nitrogens with zero attached hydrogens (tertiary/aromatic N) is 2. The molecule has 1 aliphatic rings. The summed E-state index contributed by atoms with van der Waals surface area (Å²) in [6, 6.07) is 2.61. The molecule has 1 aromatic heterocycles. The molecule has 1 fully saturated rings. The number of furan rings is 1. The third kappa shape index (κ3) is 3.68. The third-order valence-electron chi connectivity index (χ3n) is 3.03. The Kier molecular flexibility index (Phi) is 4.11. The lowest BCUT2D eigenvalue weighted by atomic mass is 10.1. The summed E-state index contributed by atoms with van der Waals surface area (Å²) in [5.41, 5.74) is 5.15. The number of ether oxygens (including phenoxy) is 1. The number of oxime groups is 1. The molecule has 0 radical (unpaired) electrons. The fraction of sp³-hybridized carbons (Fsp3) is 0.571. The maximum absolute atomic E-state index is 12.5. The Morgan fingerprint density at radius 3 is 2.67 bits per heavy atom. The van der Waals surface area contributed by atoms with Gasteiger partial charge in [-0.1, -0.05) is 5.16 Å². The first-order valence-electron chi connectivity index (χ1n) is 6.85. The van der Waals surface area contributed by atoms with Crippen LogP contribution in [0, 0.1) is 0 Å². The van der Waals surface area contributed by atoms with Crippen molar-refractivity contribution in [2.24, 2.45) is 10.9 Å². The zero-order chi connectivity index (χ0) is 15.6. The van der Waals surface area contributed by atoms with Crippen LogP contribution in [0.2, 0.25) is 0 Å². The van der Waals surface area contributed by atoms with Gasteiger partial charge in [0.25, 0.3) is 0 Å². The van der Waals surface area contributed by atoms with Crippen molar-refractivity contribution < 1.29 is 19.2 Å². The van der Waals surface area contributed by atoms with Crippen LogP contribution in [-0.4, -0.2) is 33.7 Å². The number of nitrogens with two attached hydrogens (primary N) is 1. The van der Waals surface area contributed by atoms with Crippen LogP contribution in [0.4, 0.5) is 4.79 Å². The summed E-state index contributed by atoms with van der Waals surface area (Å²) in [6.45, 7) is 5.38. The lowest BCUT2D eigenvalue weighted by molar-refractivity contribution is 0.0174. The maximum atomic E-state index is 12.5. The number of carbonyl (C=O) groups excluding carboxylic acids is 1. The predicted octanol–water partition coefficient (Wildman–Crippen LogP) is 2.47. The van der Waals surface area contributed by atoms with Crippen LogP contribution in [0.3, 0.4) is 0 Å². The van der Waals surface area contributed by atoms with Crippen LogP contribution < -0.4 is 5.73 Å². The highest BCUT2D eigenvalue weighted by Crippen LogP contribution is 2.36. The van der Waals surface area contributed by atoms with Gasteiger partial charge in [-0.15, -0.1) is 0 Å². The average molecular weight is 295 g/mol. The zero-order valence-corrected chi connectivity index (χ0v) is 12.4. The number of carbonyl (C=O) groups is 1. The molecule has 116 valence electrons. The monoisotopic (exact) mass is 295 g/mol. The van der Waals surface area contributed by atoms with E-state index in [4.69, 9.17) is 20.1 Å². The van der Waals surface area contributed by atoms with E-state index in [-0.39, 0.29) is 11.9 Å². The van der Waals surface area contributed by atoms with Crippen LogP contribution in [-0.2, 0) is 4.74 Å². The molecule has 0 aliphatic heterocycles. The second-order valence-corrected chi connectivity index (χ2v) is 6.06. The van der Waals surface area contributed by atoms with E-state index in [0.717, 1.165) is 12.8 Å². The predicted molar refractivity (Wildman–Crippen MR) is 76.0 cm³/mol. The SMILES string of the molecule is CC(C)(C)OC(=O)N(C1CC1)[C@@H](C(N)=NO)c1ccco1. The standard InChI is InChI=1S/C14H21N3O4/c1-14(2,3)21-13(18)17(9-6-7-9)11(12(15)16-19)10-5-4-8-20-10/h4-5,8-9,11,19H,6-7H2,1-3H3,(H2,15,16)/t11-/m1/s1. The van der Waals surface area contributed by atoms with Gasteiger partial charge in [-0.2, -0.15) is 0 Å². The summed E-state index contributed by atoms with van der Waals surface area (Å²) in [7, 11) is 0. The fourth-order valence-corrected chi connectivity index (χ4v) is 2.06. The molecule has 1 aliphatic carbocycles. The van der Waals surface area contributed by atoms with E-state index in [1.807, 2.05) is 0 Å². The normalized spacial score (nSPS) is 17.4. The molecule has 0 spiro atoms. The van der Waals surface area contributed by atoms with E-state index in [0.29, 0.717) is 5.76 Å². The number of amides is 1. The third-order valence-corrected chi connectivity index (χ3v) is 3.03. The Balaban J connectivity index is 2.31. The van der Waals surface area contributed by atoms with Crippen molar-refractivity contribution in [3.8, 4) is 0 Å². The van der Waals surface area contributed by atoms with Crippen LogP contribution >= 0.6 is 0 Å². The summed E-state index contributed by atoms with van der Waals surface area (Å²) < 4.78 is 10.8. The van der Waals surface area contributed by atoms with Gasteiger partial charge in [0.1, 0.15) is 11.4 Å². The van der Waals surface area contributed by atoms with Gasteiger partial charge < -0.3 is 20.1 Å². The van der Waals surface area contributed by atoms with Crippen molar-refractivity contribution in [1.29, 1.82) is 0 Å². The summed E-state index contributed by atoms with van der Waals surface area (Å²) in [6.07, 6.45) is 2.69. The first kappa shape index (κ1) is 15.2. The smallest absolute Gasteiger partial charge is 0.411 e. The number of rotatable bonds is 4. The summed E-state index contributed by atoms with van der Waals surface area (Å²) in [5, 5.41) is 12.1. The highest BCUT2D eigenvalue weighted by atomic mass is 16.6.